The van der Waals surface area contributed by atoms with Gasteiger partial charge in [0.1, 0.15) is 11.3 Å². The van der Waals surface area contributed by atoms with E-state index in [9.17, 15) is 24.5 Å². The summed E-state index contributed by atoms with van der Waals surface area (Å²) in [6, 6.07) is 5.81. The second kappa shape index (κ2) is 8.62. The molecule has 0 atom stereocenters. The maximum absolute atomic E-state index is 11.9. The number of halogens is 1. The standard InChI is InChI=1S/C15H12ClN3O7/c16-9-3-4-11(12(6-9)19(23)24)14(21)26-8-13(20)18-15(22)17-7-10-2-1-5-25-10/h1-6H,7-8H2,(H2,17,18,20,22). The molecule has 26 heavy (non-hydrogen) atoms. The van der Waals surface area contributed by atoms with Gasteiger partial charge < -0.3 is 14.5 Å². The summed E-state index contributed by atoms with van der Waals surface area (Å²) >= 11 is 5.65. The van der Waals surface area contributed by atoms with Gasteiger partial charge in [0, 0.05) is 11.1 Å². The number of ether oxygens (including phenoxy) is 1. The number of nitro groups is 1. The van der Waals surface area contributed by atoms with Crippen LogP contribution in [0.25, 0.3) is 0 Å². The molecule has 136 valence electrons. The molecule has 0 aliphatic carbocycles. The number of carbonyl (C=O) groups is 3. The Morgan fingerprint density at radius 3 is 2.69 bits per heavy atom. The van der Waals surface area contributed by atoms with E-state index in [-0.39, 0.29) is 17.1 Å². The van der Waals surface area contributed by atoms with Crippen LogP contribution in [0.2, 0.25) is 5.02 Å². The van der Waals surface area contributed by atoms with Crippen LogP contribution < -0.4 is 10.6 Å². The normalized spacial score (nSPS) is 10.0. The molecule has 0 fully saturated rings. The zero-order valence-electron chi connectivity index (χ0n) is 13.1. The van der Waals surface area contributed by atoms with Crippen molar-refractivity contribution < 1.29 is 28.5 Å². The number of benzene rings is 1. The van der Waals surface area contributed by atoms with Crippen molar-refractivity contribution in [2.24, 2.45) is 0 Å². The van der Waals surface area contributed by atoms with Gasteiger partial charge in [0.15, 0.2) is 6.61 Å². The first kappa shape index (κ1) is 18.9. The molecule has 1 aromatic heterocycles. The number of hydrogen-bond acceptors (Lipinski definition) is 7. The SMILES string of the molecule is O=C(COC(=O)c1ccc(Cl)cc1[N+](=O)[O-])NC(=O)NCc1ccco1. The van der Waals surface area contributed by atoms with Gasteiger partial charge in [0.05, 0.1) is 17.7 Å². The molecule has 10 nitrogen and oxygen atoms in total. The monoisotopic (exact) mass is 381 g/mol. The second-order valence-electron chi connectivity index (χ2n) is 4.80. The lowest BCUT2D eigenvalue weighted by molar-refractivity contribution is -0.385. The average molecular weight is 382 g/mol. The van der Waals surface area contributed by atoms with Crippen LogP contribution in [-0.2, 0) is 16.1 Å². The van der Waals surface area contributed by atoms with Crippen LogP contribution in [0.1, 0.15) is 16.1 Å². The Balaban J connectivity index is 1.84. The highest BCUT2D eigenvalue weighted by molar-refractivity contribution is 6.31. The first-order valence-corrected chi connectivity index (χ1v) is 7.45. The summed E-state index contributed by atoms with van der Waals surface area (Å²) in [6.45, 7) is -0.740. The first-order chi connectivity index (χ1) is 12.4. The molecule has 0 bridgehead atoms. The van der Waals surface area contributed by atoms with Crippen molar-refractivity contribution in [1.82, 2.24) is 10.6 Å². The van der Waals surface area contributed by atoms with Gasteiger partial charge in [-0.15, -0.1) is 0 Å². The quantitative estimate of drug-likeness (QED) is 0.443. The fourth-order valence-electron chi connectivity index (χ4n) is 1.82. The minimum absolute atomic E-state index is 0.0584. The van der Waals surface area contributed by atoms with E-state index in [1.807, 2.05) is 5.32 Å². The van der Waals surface area contributed by atoms with Gasteiger partial charge in [-0.2, -0.15) is 0 Å². The van der Waals surface area contributed by atoms with Gasteiger partial charge in [0.25, 0.3) is 11.6 Å². The van der Waals surface area contributed by atoms with E-state index in [1.165, 1.54) is 12.3 Å². The Morgan fingerprint density at radius 1 is 1.27 bits per heavy atom. The Hall–Kier alpha value is -3.40. The average Bonchev–Trinajstić information content (AvgIpc) is 3.11. The van der Waals surface area contributed by atoms with E-state index in [1.54, 1.807) is 12.1 Å². The number of urea groups is 1. The number of carbonyl (C=O) groups excluding carboxylic acids is 3. The van der Waals surface area contributed by atoms with Crippen molar-refractivity contribution in [3.63, 3.8) is 0 Å². The number of esters is 1. The summed E-state index contributed by atoms with van der Waals surface area (Å²) in [5.74, 6) is -1.53. The Labute approximate surface area is 151 Å². The van der Waals surface area contributed by atoms with Gasteiger partial charge in [-0.1, -0.05) is 11.6 Å². The van der Waals surface area contributed by atoms with Crippen LogP contribution in [0.4, 0.5) is 10.5 Å². The Kier molecular flexibility index (Phi) is 6.28. The van der Waals surface area contributed by atoms with Crippen molar-refractivity contribution in [3.8, 4) is 0 Å². The summed E-state index contributed by atoms with van der Waals surface area (Å²) in [7, 11) is 0. The highest BCUT2D eigenvalue weighted by Crippen LogP contribution is 2.23. The van der Waals surface area contributed by atoms with E-state index < -0.39 is 35.1 Å². The topological polar surface area (TPSA) is 141 Å². The van der Waals surface area contributed by atoms with Gasteiger partial charge >= 0.3 is 12.0 Å². The third-order valence-corrected chi connectivity index (χ3v) is 3.20. The van der Waals surface area contributed by atoms with E-state index in [4.69, 9.17) is 16.0 Å². The molecule has 0 aliphatic rings. The van der Waals surface area contributed by atoms with Crippen LogP contribution in [0.5, 0.6) is 0 Å². The second-order valence-corrected chi connectivity index (χ2v) is 5.24. The van der Waals surface area contributed by atoms with Crippen LogP contribution in [0.3, 0.4) is 0 Å². The fourth-order valence-corrected chi connectivity index (χ4v) is 1.99. The summed E-state index contributed by atoms with van der Waals surface area (Å²) in [5, 5.41) is 15.3. The zero-order chi connectivity index (χ0) is 19.1. The molecule has 0 aliphatic heterocycles. The molecule has 0 saturated heterocycles. The van der Waals surface area contributed by atoms with Crippen LogP contribution in [-0.4, -0.2) is 29.4 Å². The number of rotatable bonds is 6. The van der Waals surface area contributed by atoms with Crippen molar-refractivity contribution in [2.45, 2.75) is 6.54 Å². The molecule has 3 amide bonds. The van der Waals surface area contributed by atoms with Gasteiger partial charge in [-0.25, -0.2) is 9.59 Å². The first-order valence-electron chi connectivity index (χ1n) is 7.08. The smallest absolute Gasteiger partial charge is 0.345 e. The van der Waals surface area contributed by atoms with Crippen molar-refractivity contribution in [3.05, 3.63) is 63.1 Å². The predicted octanol–water partition coefficient (Wildman–Crippen LogP) is 2.02. The summed E-state index contributed by atoms with van der Waals surface area (Å²) < 4.78 is 9.67. The minimum atomic E-state index is -1.10. The van der Waals surface area contributed by atoms with Crippen molar-refractivity contribution in [1.29, 1.82) is 0 Å². The van der Waals surface area contributed by atoms with Crippen molar-refractivity contribution >= 4 is 35.2 Å². The lowest BCUT2D eigenvalue weighted by Gasteiger charge is -2.07. The summed E-state index contributed by atoms with van der Waals surface area (Å²) in [5.41, 5.74) is -0.923. The molecule has 2 N–H and O–H groups in total. The molecule has 11 heteroatoms. The van der Waals surface area contributed by atoms with Gasteiger partial charge in [-0.3, -0.25) is 20.2 Å². The summed E-state index contributed by atoms with van der Waals surface area (Å²) in [4.78, 5) is 45.1. The highest BCUT2D eigenvalue weighted by Gasteiger charge is 2.22. The summed E-state index contributed by atoms with van der Waals surface area (Å²) in [6.07, 6.45) is 1.43. The maximum atomic E-state index is 11.9. The molecule has 2 rings (SSSR count). The number of nitrogens with zero attached hydrogens (tertiary/aromatic N) is 1. The third kappa shape index (κ3) is 5.31. The number of amides is 3. The van der Waals surface area contributed by atoms with Crippen LogP contribution in [0.15, 0.2) is 41.0 Å². The van der Waals surface area contributed by atoms with E-state index in [0.717, 1.165) is 12.1 Å². The van der Waals surface area contributed by atoms with Crippen molar-refractivity contribution in [2.75, 3.05) is 6.61 Å². The molecule has 0 radical (unpaired) electrons. The molecule has 0 saturated carbocycles. The lowest BCUT2D eigenvalue weighted by Crippen LogP contribution is -2.41. The Bertz CT molecular complexity index is 836. The number of nitro benzene ring substituents is 1. The zero-order valence-corrected chi connectivity index (χ0v) is 13.8. The molecule has 0 spiro atoms. The molecular formula is C15H12ClN3O7. The minimum Gasteiger partial charge on any atom is -0.467 e. The van der Waals surface area contributed by atoms with Gasteiger partial charge in [-0.05, 0) is 24.3 Å². The molecule has 2 aromatic rings. The Morgan fingerprint density at radius 2 is 2.04 bits per heavy atom. The fraction of sp³-hybridized carbons (Fsp3) is 0.133. The third-order valence-electron chi connectivity index (χ3n) is 2.97. The van der Waals surface area contributed by atoms with Crippen LogP contribution in [0, 0.1) is 10.1 Å². The van der Waals surface area contributed by atoms with E-state index in [0.29, 0.717) is 5.76 Å². The lowest BCUT2D eigenvalue weighted by atomic mass is 10.2. The molecule has 0 unspecified atom stereocenters. The molecule has 1 aromatic carbocycles. The maximum Gasteiger partial charge on any atom is 0.345 e. The van der Waals surface area contributed by atoms with E-state index in [2.05, 4.69) is 10.1 Å². The van der Waals surface area contributed by atoms with E-state index >= 15 is 0 Å². The number of imide groups is 1. The molecular weight excluding hydrogens is 370 g/mol. The number of hydrogen-bond donors (Lipinski definition) is 2. The molecule has 1 heterocycles. The number of furan rings is 1. The largest absolute Gasteiger partial charge is 0.467 e. The highest BCUT2D eigenvalue weighted by atomic mass is 35.5. The van der Waals surface area contributed by atoms with Crippen LogP contribution >= 0.6 is 11.6 Å². The number of nitrogens with one attached hydrogen (secondary N) is 2. The van der Waals surface area contributed by atoms with Gasteiger partial charge in [0.2, 0.25) is 0 Å². The predicted molar refractivity (Wildman–Crippen MR) is 87.5 cm³/mol.